The van der Waals surface area contributed by atoms with Gasteiger partial charge in [0.05, 0.1) is 11.5 Å². The van der Waals surface area contributed by atoms with E-state index in [4.69, 9.17) is 16.4 Å². The second kappa shape index (κ2) is 5.82. The summed E-state index contributed by atoms with van der Waals surface area (Å²) >= 11 is 5.87. The third kappa shape index (κ3) is 3.96. The van der Waals surface area contributed by atoms with E-state index in [9.17, 15) is 8.42 Å². The molecule has 96 valence electrons. The molecule has 4 nitrogen and oxygen atoms in total. The molecule has 1 N–H and O–H groups in total. The van der Waals surface area contributed by atoms with Gasteiger partial charge in [-0.1, -0.05) is 36.4 Å². The highest BCUT2D eigenvalue weighted by molar-refractivity contribution is 7.89. The molecular weight excluding hydrogens is 262 g/mol. The van der Waals surface area contributed by atoms with Gasteiger partial charge in [-0.25, -0.2) is 8.42 Å². The molecule has 0 saturated carbocycles. The number of rotatable bonds is 5. The van der Waals surface area contributed by atoms with Gasteiger partial charge in [-0.15, -0.1) is 0 Å². The number of hydrogen-bond donors (Lipinski definition) is 1. The van der Waals surface area contributed by atoms with Crippen LogP contribution in [0.25, 0.3) is 0 Å². The fourth-order valence-corrected chi connectivity index (χ4v) is 2.52. The minimum atomic E-state index is -3.67. The van der Waals surface area contributed by atoms with Gasteiger partial charge < -0.3 is 0 Å². The predicted molar refractivity (Wildman–Crippen MR) is 67.3 cm³/mol. The Bertz CT molecular complexity index is 485. The van der Waals surface area contributed by atoms with Crippen molar-refractivity contribution in [3.8, 4) is 0 Å². The molecule has 1 aromatic rings. The highest BCUT2D eigenvalue weighted by Crippen LogP contribution is 2.22. The van der Waals surface area contributed by atoms with Crippen LogP contribution in [0.1, 0.15) is 19.4 Å². The monoisotopic (exact) mass is 277 g/mol. The zero-order valence-corrected chi connectivity index (χ0v) is 11.6. The Labute approximate surface area is 107 Å². The third-order valence-corrected chi connectivity index (χ3v) is 3.86. The maximum atomic E-state index is 11.9. The highest BCUT2D eigenvalue weighted by Gasteiger charge is 2.18. The Morgan fingerprint density at radius 3 is 2.65 bits per heavy atom. The summed E-state index contributed by atoms with van der Waals surface area (Å²) in [5.74, 6) is 0.248. The zero-order valence-electron chi connectivity index (χ0n) is 10.0. The van der Waals surface area contributed by atoms with Crippen molar-refractivity contribution in [1.29, 1.82) is 0 Å². The topological polar surface area (TPSA) is 55.4 Å². The van der Waals surface area contributed by atoms with Crippen LogP contribution in [0.3, 0.4) is 0 Å². The molecule has 17 heavy (non-hydrogen) atoms. The van der Waals surface area contributed by atoms with Crippen LogP contribution in [-0.4, -0.2) is 15.0 Å². The van der Waals surface area contributed by atoms with Crippen LogP contribution in [0.4, 0.5) is 0 Å². The maximum absolute atomic E-state index is 11.9. The molecule has 0 heterocycles. The van der Waals surface area contributed by atoms with Gasteiger partial charge in [0.1, 0.15) is 0 Å². The van der Waals surface area contributed by atoms with Crippen molar-refractivity contribution in [2.45, 2.75) is 25.7 Å². The lowest BCUT2D eigenvalue weighted by Gasteiger charge is -2.11. The van der Waals surface area contributed by atoms with Crippen molar-refractivity contribution in [2.24, 2.45) is 5.92 Å². The van der Waals surface area contributed by atoms with E-state index >= 15 is 0 Å². The summed E-state index contributed by atoms with van der Waals surface area (Å²) in [6.45, 7) is 5.83. The molecule has 0 fully saturated rings. The predicted octanol–water partition coefficient (Wildman–Crippen LogP) is 2.51. The molecule has 0 aliphatic carbocycles. The Kier molecular flexibility index (Phi) is 4.94. The molecule has 0 bridgehead atoms. The van der Waals surface area contributed by atoms with Gasteiger partial charge in [0.15, 0.2) is 0 Å². The first-order valence-corrected chi connectivity index (χ1v) is 7.09. The molecule has 0 aromatic heterocycles. The molecule has 6 heteroatoms. The minimum absolute atomic E-state index is 0.133. The second-order valence-corrected chi connectivity index (χ2v) is 6.18. The largest absolute Gasteiger partial charge is 0.287 e. The van der Waals surface area contributed by atoms with Crippen molar-refractivity contribution in [2.75, 3.05) is 6.61 Å². The van der Waals surface area contributed by atoms with Crippen molar-refractivity contribution < 1.29 is 13.3 Å². The molecule has 0 amide bonds. The van der Waals surface area contributed by atoms with Gasteiger partial charge in [-0.2, -0.15) is 0 Å². The number of sulfonamides is 1. The van der Waals surface area contributed by atoms with E-state index < -0.39 is 10.0 Å². The molecule has 0 spiro atoms. The molecule has 1 aromatic carbocycles. The van der Waals surface area contributed by atoms with Crippen LogP contribution in [-0.2, 0) is 14.9 Å². The molecular formula is C11H16ClNO3S. The van der Waals surface area contributed by atoms with Crippen LogP contribution in [0.2, 0.25) is 5.02 Å². The average Bonchev–Trinajstić information content (AvgIpc) is 2.21. The molecule has 0 unspecified atom stereocenters. The summed E-state index contributed by atoms with van der Waals surface area (Å²) in [5, 5.41) is 0.414. The first-order chi connectivity index (χ1) is 7.84. The lowest BCUT2D eigenvalue weighted by molar-refractivity contribution is 0.0718. The first kappa shape index (κ1) is 14.4. The summed E-state index contributed by atoms with van der Waals surface area (Å²) in [6.07, 6.45) is 0. The van der Waals surface area contributed by atoms with E-state index in [1.54, 1.807) is 19.1 Å². The van der Waals surface area contributed by atoms with Crippen molar-refractivity contribution in [1.82, 2.24) is 4.89 Å². The van der Waals surface area contributed by atoms with Crippen LogP contribution in [0.15, 0.2) is 23.1 Å². The van der Waals surface area contributed by atoms with E-state index in [0.29, 0.717) is 17.2 Å². The lowest BCUT2D eigenvalue weighted by atomic mass is 10.2. The third-order valence-electron chi connectivity index (χ3n) is 2.09. The average molecular weight is 278 g/mol. The van der Waals surface area contributed by atoms with E-state index in [-0.39, 0.29) is 10.8 Å². The smallest absolute Gasteiger partial charge is 0.262 e. The number of halogens is 1. The fraction of sp³-hybridized carbons (Fsp3) is 0.455. The first-order valence-electron chi connectivity index (χ1n) is 5.23. The summed E-state index contributed by atoms with van der Waals surface area (Å²) in [4.78, 5) is 7.15. The zero-order chi connectivity index (χ0) is 13.1. The summed E-state index contributed by atoms with van der Waals surface area (Å²) in [5.41, 5.74) is 0.509. The quantitative estimate of drug-likeness (QED) is 0.842. The molecule has 1 rings (SSSR count). The molecule has 0 aliphatic heterocycles. The molecule has 0 saturated heterocycles. The van der Waals surface area contributed by atoms with Gasteiger partial charge in [0, 0.05) is 5.02 Å². The number of nitrogens with one attached hydrogen (secondary N) is 1. The maximum Gasteiger partial charge on any atom is 0.262 e. The van der Waals surface area contributed by atoms with Gasteiger partial charge in [-0.3, -0.25) is 4.84 Å². The molecule has 0 radical (unpaired) electrons. The van der Waals surface area contributed by atoms with Crippen molar-refractivity contribution >= 4 is 21.6 Å². The van der Waals surface area contributed by atoms with Crippen molar-refractivity contribution in [3.05, 3.63) is 28.8 Å². The standard InChI is InChI=1S/C11H16ClNO3S/c1-8(2)7-16-13-17(14,15)11-6-4-5-10(12)9(11)3/h4-6,8,13H,7H2,1-3H3. The van der Waals surface area contributed by atoms with Gasteiger partial charge in [-0.05, 0) is 30.5 Å². The Morgan fingerprint density at radius 2 is 2.06 bits per heavy atom. The Hall–Kier alpha value is -0.620. The van der Waals surface area contributed by atoms with E-state index in [1.165, 1.54) is 6.07 Å². The number of hydrogen-bond acceptors (Lipinski definition) is 3. The lowest BCUT2D eigenvalue weighted by Crippen LogP contribution is -2.26. The summed E-state index contributed by atoms with van der Waals surface area (Å²) in [7, 11) is -3.67. The normalized spacial score (nSPS) is 12.1. The Balaban J connectivity index is 2.87. The van der Waals surface area contributed by atoms with E-state index in [0.717, 1.165) is 0 Å². The van der Waals surface area contributed by atoms with Crippen LogP contribution < -0.4 is 4.89 Å². The summed E-state index contributed by atoms with van der Waals surface area (Å²) < 4.78 is 23.8. The fourth-order valence-electron chi connectivity index (χ4n) is 1.20. The van der Waals surface area contributed by atoms with Crippen LogP contribution in [0, 0.1) is 12.8 Å². The van der Waals surface area contributed by atoms with E-state index in [1.807, 2.05) is 13.8 Å². The minimum Gasteiger partial charge on any atom is -0.287 e. The number of benzene rings is 1. The molecule has 0 aliphatic rings. The van der Waals surface area contributed by atoms with E-state index in [2.05, 4.69) is 4.89 Å². The Morgan fingerprint density at radius 1 is 1.41 bits per heavy atom. The summed E-state index contributed by atoms with van der Waals surface area (Å²) in [6, 6.07) is 4.72. The second-order valence-electron chi connectivity index (χ2n) is 4.15. The highest BCUT2D eigenvalue weighted by atomic mass is 35.5. The SMILES string of the molecule is Cc1c(Cl)cccc1S(=O)(=O)NOCC(C)C. The van der Waals surface area contributed by atoms with Crippen LogP contribution in [0.5, 0.6) is 0 Å². The van der Waals surface area contributed by atoms with Gasteiger partial charge in [0.2, 0.25) is 0 Å². The van der Waals surface area contributed by atoms with Gasteiger partial charge in [0.25, 0.3) is 10.0 Å². The van der Waals surface area contributed by atoms with Gasteiger partial charge >= 0.3 is 0 Å². The van der Waals surface area contributed by atoms with Crippen molar-refractivity contribution in [3.63, 3.8) is 0 Å². The van der Waals surface area contributed by atoms with Crippen LogP contribution >= 0.6 is 11.6 Å². The molecule has 0 atom stereocenters.